The van der Waals surface area contributed by atoms with Gasteiger partial charge in [-0.1, -0.05) is 11.6 Å². The Morgan fingerprint density at radius 3 is 2.76 bits per heavy atom. The van der Waals surface area contributed by atoms with E-state index in [4.69, 9.17) is 26.2 Å². The van der Waals surface area contributed by atoms with Crippen LogP contribution in [-0.2, 0) is 0 Å². The molecule has 0 saturated carbocycles. The summed E-state index contributed by atoms with van der Waals surface area (Å²) in [5.41, 5.74) is 3.34. The Balaban J connectivity index is 1.62. The van der Waals surface area contributed by atoms with Crippen molar-refractivity contribution in [1.29, 1.82) is 0 Å². The zero-order valence-corrected chi connectivity index (χ0v) is 16.4. The molecule has 0 radical (unpaired) electrons. The van der Waals surface area contributed by atoms with E-state index in [2.05, 4.69) is 4.98 Å². The zero-order chi connectivity index (χ0) is 20.0. The van der Waals surface area contributed by atoms with Gasteiger partial charge in [-0.3, -0.25) is 4.98 Å². The van der Waals surface area contributed by atoms with Crippen LogP contribution in [0.2, 0.25) is 5.02 Å². The Morgan fingerprint density at radius 2 is 1.97 bits per heavy atom. The second-order valence-electron chi connectivity index (χ2n) is 6.96. The van der Waals surface area contributed by atoms with E-state index >= 15 is 0 Å². The van der Waals surface area contributed by atoms with Gasteiger partial charge in [-0.25, -0.2) is 5.01 Å². The normalized spacial score (nSPS) is 19.8. The summed E-state index contributed by atoms with van der Waals surface area (Å²) in [7, 11) is 1.60. The molecule has 2 aliphatic rings. The van der Waals surface area contributed by atoms with E-state index in [0.29, 0.717) is 22.8 Å². The molecule has 5 rings (SSSR count). The van der Waals surface area contributed by atoms with E-state index < -0.39 is 6.23 Å². The van der Waals surface area contributed by atoms with Crippen molar-refractivity contribution < 1.29 is 14.6 Å². The van der Waals surface area contributed by atoms with Gasteiger partial charge in [0.2, 0.25) is 6.23 Å². The zero-order valence-electron chi connectivity index (χ0n) is 15.6. The van der Waals surface area contributed by atoms with Crippen LogP contribution in [0.1, 0.15) is 35.4 Å². The van der Waals surface area contributed by atoms with Crippen LogP contribution in [0, 0.1) is 0 Å². The highest BCUT2D eigenvalue weighted by Crippen LogP contribution is 2.48. The first-order chi connectivity index (χ1) is 14.1. The third-order valence-electron chi connectivity index (χ3n) is 5.26. The van der Waals surface area contributed by atoms with Gasteiger partial charge in [0.1, 0.15) is 17.2 Å². The fraction of sp³-hybridized carbons (Fsp3) is 0.182. The number of fused-ring (bicyclic) bond motifs is 3. The minimum atomic E-state index is -0.401. The highest BCUT2D eigenvalue weighted by atomic mass is 35.5. The van der Waals surface area contributed by atoms with Crippen molar-refractivity contribution in [3.8, 4) is 17.2 Å². The molecule has 1 aromatic heterocycles. The SMILES string of the molecule is COc1ccc(O)c(C2=NN3[C@@H](C2)c2cc(Cl)ccc2O[C@H]3c2ccncc2)c1. The summed E-state index contributed by atoms with van der Waals surface area (Å²) >= 11 is 6.26. The maximum absolute atomic E-state index is 10.4. The Labute approximate surface area is 173 Å². The van der Waals surface area contributed by atoms with Crippen molar-refractivity contribution in [2.75, 3.05) is 7.11 Å². The molecule has 0 spiro atoms. The quantitative estimate of drug-likeness (QED) is 0.682. The molecule has 146 valence electrons. The number of hydrogen-bond donors (Lipinski definition) is 1. The van der Waals surface area contributed by atoms with E-state index in [1.165, 1.54) is 0 Å². The number of nitrogens with zero attached hydrogens (tertiary/aromatic N) is 3. The fourth-order valence-corrected chi connectivity index (χ4v) is 4.02. The molecule has 2 aromatic carbocycles. The van der Waals surface area contributed by atoms with Gasteiger partial charge in [-0.15, -0.1) is 0 Å². The summed E-state index contributed by atoms with van der Waals surface area (Å²) in [5, 5.41) is 17.9. The monoisotopic (exact) mass is 407 g/mol. The van der Waals surface area contributed by atoms with Crippen molar-refractivity contribution in [2.45, 2.75) is 18.7 Å². The number of hydrogen-bond acceptors (Lipinski definition) is 6. The Morgan fingerprint density at radius 1 is 1.14 bits per heavy atom. The fourth-order valence-electron chi connectivity index (χ4n) is 3.84. The van der Waals surface area contributed by atoms with Crippen molar-refractivity contribution in [1.82, 2.24) is 9.99 Å². The van der Waals surface area contributed by atoms with E-state index in [-0.39, 0.29) is 11.8 Å². The van der Waals surface area contributed by atoms with Crippen molar-refractivity contribution >= 4 is 17.3 Å². The Hall–Kier alpha value is -3.25. The number of aromatic hydroxyl groups is 1. The first kappa shape index (κ1) is 17.8. The summed E-state index contributed by atoms with van der Waals surface area (Å²) in [6.07, 6.45) is 3.68. The summed E-state index contributed by atoms with van der Waals surface area (Å²) in [5.74, 6) is 1.61. The number of methoxy groups -OCH3 is 1. The van der Waals surface area contributed by atoms with Crippen molar-refractivity contribution in [2.24, 2.45) is 5.10 Å². The van der Waals surface area contributed by atoms with Crippen molar-refractivity contribution in [3.63, 3.8) is 0 Å². The van der Waals surface area contributed by atoms with Crippen LogP contribution >= 0.6 is 11.6 Å². The lowest BCUT2D eigenvalue weighted by Gasteiger charge is -2.38. The number of pyridine rings is 1. The summed E-state index contributed by atoms with van der Waals surface area (Å²) in [6, 6.07) is 14.5. The second-order valence-corrected chi connectivity index (χ2v) is 7.40. The number of ether oxygens (including phenoxy) is 2. The molecule has 1 N–H and O–H groups in total. The molecule has 2 aliphatic heterocycles. The Kier molecular flexibility index (Phi) is 4.28. The smallest absolute Gasteiger partial charge is 0.213 e. The largest absolute Gasteiger partial charge is 0.507 e. The lowest BCUT2D eigenvalue weighted by atomic mass is 9.95. The second kappa shape index (κ2) is 6.97. The van der Waals surface area contributed by atoms with Crippen LogP contribution in [0.4, 0.5) is 0 Å². The van der Waals surface area contributed by atoms with Gasteiger partial charge >= 0.3 is 0 Å². The number of phenolic OH excluding ortho intramolecular Hbond substituents is 1. The van der Waals surface area contributed by atoms with Crippen LogP contribution in [0.25, 0.3) is 0 Å². The van der Waals surface area contributed by atoms with Gasteiger partial charge in [0.05, 0.1) is 18.9 Å². The van der Waals surface area contributed by atoms with Crippen LogP contribution in [0.5, 0.6) is 17.2 Å². The maximum Gasteiger partial charge on any atom is 0.213 e. The number of benzene rings is 2. The topological polar surface area (TPSA) is 67.2 Å². The van der Waals surface area contributed by atoms with E-state index in [0.717, 1.165) is 22.6 Å². The van der Waals surface area contributed by atoms with Crippen LogP contribution < -0.4 is 9.47 Å². The third-order valence-corrected chi connectivity index (χ3v) is 5.49. The van der Waals surface area contributed by atoms with Gasteiger partial charge in [0.25, 0.3) is 0 Å². The minimum absolute atomic E-state index is 0.0591. The molecule has 0 fully saturated rings. The lowest BCUT2D eigenvalue weighted by molar-refractivity contribution is -0.0190. The van der Waals surface area contributed by atoms with E-state index in [1.54, 1.807) is 37.7 Å². The first-order valence-corrected chi connectivity index (χ1v) is 9.61. The molecule has 0 aliphatic carbocycles. The molecule has 0 unspecified atom stereocenters. The van der Waals surface area contributed by atoms with Crippen LogP contribution in [-0.4, -0.2) is 27.9 Å². The van der Waals surface area contributed by atoms with Gasteiger partial charge in [-0.2, -0.15) is 5.10 Å². The molecule has 2 atom stereocenters. The average Bonchev–Trinajstić information content (AvgIpc) is 3.20. The third kappa shape index (κ3) is 3.06. The molecular formula is C22H18ClN3O3. The summed E-state index contributed by atoms with van der Waals surface area (Å²) < 4.78 is 11.6. The van der Waals surface area contributed by atoms with Crippen LogP contribution in [0.15, 0.2) is 66.0 Å². The average molecular weight is 408 g/mol. The van der Waals surface area contributed by atoms with Gasteiger partial charge < -0.3 is 14.6 Å². The lowest BCUT2D eigenvalue weighted by Crippen LogP contribution is -2.33. The number of halogens is 1. The number of hydrazone groups is 1. The van der Waals surface area contributed by atoms with E-state index in [1.807, 2.05) is 35.3 Å². The molecule has 3 aromatic rings. The number of phenols is 1. The number of rotatable bonds is 3. The standard InChI is InChI=1S/C22H18ClN3O3/c1-28-15-3-4-20(27)16(11-15)18-12-19-17-10-14(23)2-5-21(17)29-22(26(19)25-18)13-6-8-24-9-7-13/h2-11,19,22,27H,12H2,1H3/t19-,22-/m0/s1. The first-order valence-electron chi connectivity index (χ1n) is 9.23. The van der Waals surface area contributed by atoms with Gasteiger partial charge in [0, 0.05) is 40.5 Å². The van der Waals surface area contributed by atoms with Crippen molar-refractivity contribution in [3.05, 3.63) is 82.6 Å². The molecule has 0 amide bonds. The van der Waals surface area contributed by atoms with E-state index in [9.17, 15) is 5.11 Å². The molecule has 7 heteroatoms. The number of aromatic nitrogens is 1. The van der Waals surface area contributed by atoms with Gasteiger partial charge in [-0.05, 0) is 48.5 Å². The summed E-state index contributed by atoms with van der Waals surface area (Å²) in [6.45, 7) is 0. The molecule has 3 heterocycles. The summed E-state index contributed by atoms with van der Waals surface area (Å²) in [4.78, 5) is 4.10. The predicted octanol–water partition coefficient (Wildman–Crippen LogP) is 4.69. The highest BCUT2D eigenvalue weighted by Gasteiger charge is 2.41. The van der Waals surface area contributed by atoms with Gasteiger partial charge in [0.15, 0.2) is 0 Å². The van der Waals surface area contributed by atoms with Crippen LogP contribution in [0.3, 0.4) is 0 Å². The minimum Gasteiger partial charge on any atom is -0.507 e. The maximum atomic E-state index is 10.4. The Bertz CT molecular complexity index is 1100. The molecule has 29 heavy (non-hydrogen) atoms. The molecule has 0 saturated heterocycles. The highest BCUT2D eigenvalue weighted by molar-refractivity contribution is 6.30. The molecule has 0 bridgehead atoms. The molecule has 6 nitrogen and oxygen atoms in total. The predicted molar refractivity (Wildman–Crippen MR) is 109 cm³/mol. The molecular weight excluding hydrogens is 390 g/mol.